The topological polar surface area (TPSA) is 29.1 Å². The molecular weight excluding hydrogens is 270 g/mol. The monoisotopic (exact) mass is 301 g/mol. The van der Waals surface area contributed by atoms with Crippen LogP contribution < -0.4 is 5.32 Å². The first kappa shape index (κ1) is 17.1. The van der Waals surface area contributed by atoms with Crippen molar-refractivity contribution in [2.24, 2.45) is 11.8 Å². The second-order valence-corrected chi connectivity index (χ2v) is 7.12. The molecule has 1 aromatic rings. The number of hydrogen-bond acceptors (Lipinski definition) is 1. The lowest BCUT2D eigenvalue weighted by molar-refractivity contribution is -0.121. The van der Waals surface area contributed by atoms with Gasteiger partial charge in [-0.3, -0.25) is 4.79 Å². The molecule has 1 saturated carbocycles. The van der Waals surface area contributed by atoms with Crippen LogP contribution in [0.2, 0.25) is 0 Å². The van der Waals surface area contributed by atoms with E-state index in [1.807, 2.05) is 0 Å². The summed E-state index contributed by atoms with van der Waals surface area (Å²) in [7, 11) is 0. The van der Waals surface area contributed by atoms with Crippen molar-refractivity contribution in [2.75, 3.05) is 5.32 Å². The number of carbonyl (C=O) groups excluding carboxylic acids is 1. The number of anilines is 1. The van der Waals surface area contributed by atoms with Crippen molar-refractivity contribution in [3.8, 4) is 0 Å². The lowest BCUT2D eigenvalue weighted by Gasteiger charge is -2.28. The second kappa shape index (κ2) is 7.80. The number of amides is 1. The first-order chi connectivity index (χ1) is 10.5. The van der Waals surface area contributed by atoms with Crippen LogP contribution in [0.1, 0.15) is 68.6 Å². The third-order valence-corrected chi connectivity index (χ3v) is 5.11. The van der Waals surface area contributed by atoms with Gasteiger partial charge in [0.15, 0.2) is 0 Å². The summed E-state index contributed by atoms with van der Waals surface area (Å²) in [6.45, 7) is 8.52. The Bertz CT molecular complexity index is 489. The molecule has 0 heterocycles. The Morgan fingerprint density at radius 1 is 1.09 bits per heavy atom. The summed E-state index contributed by atoms with van der Waals surface area (Å²) < 4.78 is 0. The summed E-state index contributed by atoms with van der Waals surface area (Å²) >= 11 is 0. The maximum absolute atomic E-state index is 12.6. The Morgan fingerprint density at radius 2 is 1.68 bits per heavy atom. The zero-order valence-corrected chi connectivity index (χ0v) is 14.7. The van der Waals surface area contributed by atoms with Crippen molar-refractivity contribution in [1.82, 2.24) is 0 Å². The van der Waals surface area contributed by atoms with E-state index in [2.05, 4.69) is 45.1 Å². The smallest absolute Gasteiger partial charge is 0.227 e. The van der Waals surface area contributed by atoms with Crippen molar-refractivity contribution >= 4 is 11.6 Å². The highest BCUT2D eigenvalue weighted by atomic mass is 16.1. The Hall–Kier alpha value is -1.31. The Kier molecular flexibility index (Phi) is 6.05. The molecule has 1 aromatic carbocycles. The van der Waals surface area contributed by atoms with Gasteiger partial charge in [-0.2, -0.15) is 0 Å². The maximum atomic E-state index is 12.6. The van der Waals surface area contributed by atoms with Crippen LogP contribution in [0.25, 0.3) is 0 Å². The summed E-state index contributed by atoms with van der Waals surface area (Å²) in [6, 6.07) is 4.29. The highest BCUT2D eigenvalue weighted by Crippen LogP contribution is 2.33. The van der Waals surface area contributed by atoms with E-state index >= 15 is 0 Å². The first-order valence-electron chi connectivity index (χ1n) is 8.90. The number of nitrogens with one attached hydrogen (secondary N) is 1. The molecule has 0 saturated heterocycles. The molecule has 0 bridgehead atoms. The third kappa shape index (κ3) is 4.34. The van der Waals surface area contributed by atoms with Gasteiger partial charge in [-0.1, -0.05) is 43.9 Å². The molecule has 0 spiro atoms. The van der Waals surface area contributed by atoms with Gasteiger partial charge in [0, 0.05) is 11.6 Å². The van der Waals surface area contributed by atoms with E-state index in [9.17, 15) is 4.79 Å². The molecule has 22 heavy (non-hydrogen) atoms. The average Bonchev–Trinajstić information content (AvgIpc) is 2.49. The SMILES string of the molecule is CCCCC1CCC(C(=O)Nc2c(C)cc(C)cc2C)CC1. The van der Waals surface area contributed by atoms with Gasteiger partial charge in [0.25, 0.3) is 0 Å². The van der Waals surface area contributed by atoms with Crippen LogP contribution in [0.5, 0.6) is 0 Å². The van der Waals surface area contributed by atoms with Crippen molar-refractivity contribution in [1.29, 1.82) is 0 Å². The number of unbranched alkanes of at least 4 members (excludes halogenated alkanes) is 1. The molecule has 2 nitrogen and oxygen atoms in total. The molecule has 1 fully saturated rings. The highest BCUT2D eigenvalue weighted by molar-refractivity contribution is 5.94. The number of rotatable bonds is 5. The van der Waals surface area contributed by atoms with E-state index in [0.717, 1.165) is 24.4 Å². The Morgan fingerprint density at radius 3 is 2.23 bits per heavy atom. The fourth-order valence-corrected chi connectivity index (χ4v) is 3.81. The van der Waals surface area contributed by atoms with E-state index in [0.29, 0.717) is 0 Å². The van der Waals surface area contributed by atoms with Crippen molar-refractivity contribution in [3.63, 3.8) is 0 Å². The lowest BCUT2D eigenvalue weighted by Crippen LogP contribution is -2.27. The summed E-state index contributed by atoms with van der Waals surface area (Å²) in [6.07, 6.45) is 8.54. The summed E-state index contributed by atoms with van der Waals surface area (Å²) in [5.74, 6) is 1.29. The summed E-state index contributed by atoms with van der Waals surface area (Å²) in [4.78, 5) is 12.6. The van der Waals surface area contributed by atoms with Crippen LogP contribution in [0.4, 0.5) is 5.69 Å². The molecular formula is C20H31NO. The van der Waals surface area contributed by atoms with E-state index in [-0.39, 0.29) is 11.8 Å². The normalized spacial score (nSPS) is 21.6. The molecule has 2 rings (SSSR count). The van der Waals surface area contributed by atoms with Crippen LogP contribution in [0, 0.1) is 32.6 Å². The molecule has 122 valence electrons. The second-order valence-electron chi connectivity index (χ2n) is 7.12. The van der Waals surface area contributed by atoms with Crippen LogP contribution in [0.3, 0.4) is 0 Å². The minimum atomic E-state index is 0.206. The van der Waals surface area contributed by atoms with Crippen LogP contribution in [-0.2, 0) is 4.79 Å². The summed E-state index contributed by atoms with van der Waals surface area (Å²) in [5, 5.41) is 3.19. The molecule has 1 aliphatic carbocycles. The van der Waals surface area contributed by atoms with Crippen molar-refractivity contribution in [3.05, 3.63) is 28.8 Å². The van der Waals surface area contributed by atoms with Gasteiger partial charge >= 0.3 is 0 Å². The number of aryl methyl sites for hydroxylation is 3. The zero-order valence-electron chi connectivity index (χ0n) is 14.7. The molecule has 2 heteroatoms. The van der Waals surface area contributed by atoms with Gasteiger partial charge in [0.05, 0.1) is 0 Å². The van der Waals surface area contributed by atoms with Gasteiger partial charge in [-0.05, 0) is 63.5 Å². The van der Waals surface area contributed by atoms with E-state index in [4.69, 9.17) is 0 Å². The van der Waals surface area contributed by atoms with E-state index < -0.39 is 0 Å². The maximum Gasteiger partial charge on any atom is 0.227 e. The molecule has 1 amide bonds. The minimum absolute atomic E-state index is 0.206. The third-order valence-electron chi connectivity index (χ3n) is 5.11. The zero-order chi connectivity index (χ0) is 16.1. The van der Waals surface area contributed by atoms with Crippen molar-refractivity contribution in [2.45, 2.75) is 72.6 Å². The average molecular weight is 301 g/mol. The predicted molar refractivity (Wildman–Crippen MR) is 94.3 cm³/mol. The van der Waals surface area contributed by atoms with Gasteiger partial charge in [0.2, 0.25) is 5.91 Å². The van der Waals surface area contributed by atoms with E-state index in [1.54, 1.807) is 0 Å². The fourth-order valence-electron chi connectivity index (χ4n) is 3.81. The first-order valence-corrected chi connectivity index (χ1v) is 8.90. The largest absolute Gasteiger partial charge is 0.325 e. The Balaban J connectivity index is 1.91. The van der Waals surface area contributed by atoms with Crippen molar-refractivity contribution < 1.29 is 4.79 Å². The van der Waals surface area contributed by atoms with Gasteiger partial charge in [-0.15, -0.1) is 0 Å². The van der Waals surface area contributed by atoms with Crippen LogP contribution in [0.15, 0.2) is 12.1 Å². The van der Waals surface area contributed by atoms with Gasteiger partial charge in [0.1, 0.15) is 0 Å². The quantitative estimate of drug-likeness (QED) is 0.759. The minimum Gasteiger partial charge on any atom is -0.325 e. The number of benzene rings is 1. The molecule has 0 radical (unpaired) electrons. The lowest BCUT2D eigenvalue weighted by atomic mass is 9.79. The fraction of sp³-hybridized carbons (Fsp3) is 0.650. The Labute approximate surface area is 135 Å². The molecule has 0 aromatic heterocycles. The van der Waals surface area contributed by atoms with Gasteiger partial charge < -0.3 is 5.32 Å². The predicted octanol–water partition coefficient (Wildman–Crippen LogP) is 5.55. The molecule has 0 atom stereocenters. The molecule has 1 aliphatic rings. The van der Waals surface area contributed by atoms with Gasteiger partial charge in [-0.25, -0.2) is 0 Å². The van der Waals surface area contributed by atoms with E-state index in [1.165, 1.54) is 48.8 Å². The number of hydrogen-bond donors (Lipinski definition) is 1. The standard InChI is InChI=1S/C20H31NO/c1-5-6-7-17-8-10-18(11-9-17)20(22)21-19-15(3)12-14(2)13-16(19)4/h12-13,17-18H,5-11H2,1-4H3,(H,21,22). The highest BCUT2D eigenvalue weighted by Gasteiger charge is 2.26. The molecule has 1 N–H and O–H groups in total. The molecule has 0 unspecified atom stereocenters. The summed E-state index contributed by atoms with van der Waals surface area (Å²) in [5.41, 5.74) is 4.61. The van der Waals surface area contributed by atoms with Crippen LogP contribution in [-0.4, -0.2) is 5.91 Å². The van der Waals surface area contributed by atoms with Crippen LogP contribution >= 0.6 is 0 Å². The number of carbonyl (C=O) groups is 1. The molecule has 0 aliphatic heterocycles.